The molecule has 0 aliphatic rings. The van der Waals surface area contributed by atoms with Crippen LogP contribution in [0.15, 0.2) is 24.3 Å². The standard InChI is InChI=1S/C10H14FNO2S/c11-10-4-2-9(3-5-10)8-15(13,14)7-1-6-12/h2-5H,1,6-8,12H2. The van der Waals surface area contributed by atoms with Gasteiger partial charge in [0.1, 0.15) is 5.82 Å². The minimum atomic E-state index is -3.11. The second kappa shape index (κ2) is 5.23. The fourth-order valence-electron chi connectivity index (χ4n) is 1.21. The molecule has 0 aliphatic heterocycles. The van der Waals surface area contributed by atoms with E-state index in [1.807, 2.05) is 0 Å². The van der Waals surface area contributed by atoms with Gasteiger partial charge in [0.05, 0.1) is 11.5 Å². The first-order chi connectivity index (χ1) is 7.03. The third-order valence-electron chi connectivity index (χ3n) is 1.96. The van der Waals surface area contributed by atoms with Gasteiger partial charge in [-0.3, -0.25) is 0 Å². The van der Waals surface area contributed by atoms with E-state index in [1.54, 1.807) is 0 Å². The summed E-state index contributed by atoms with van der Waals surface area (Å²) in [6.07, 6.45) is 0.462. The Morgan fingerprint density at radius 2 is 1.80 bits per heavy atom. The molecule has 0 radical (unpaired) electrons. The number of nitrogens with two attached hydrogens (primary N) is 1. The second-order valence-corrected chi connectivity index (χ2v) is 5.54. The first kappa shape index (κ1) is 12.1. The smallest absolute Gasteiger partial charge is 0.154 e. The summed E-state index contributed by atoms with van der Waals surface area (Å²) < 4.78 is 35.5. The summed E-state index contributed by atoms with van der Waals surface area (Å²) in [6.45, 7) is 0.364. The van der Waals surface area contributed by atoms with E-state index in [2.05, 4.69) is 0 Å². The van der Waals surface area contributed by atoms with Crippen LogP contribution in [0.3, 0.4) is 0 Å². The molecule has 1 rings (SSSR count). The van der Waals surface area contributed by atoms with Crippen LogP contribution in [0.5, 0.6) is 0 Å². The van der Waals surface area contributed by atoms with Gasteiger partial charge in [-0.1, -0.05) is 12.1 Å². The average molecular weight is 231 g/mol. The Morgan fingerprint density at radius 3 is 2.33 bits per heavy atom. The Bertz CT molecular complexity index is 400. The Kier molecular flexibility index (Phi) is 4.23. The predicted octanol–water partition coefficient (Wildman–Crippen LogP) is 1.09. The van der Waals surface area contributed by atoms with Gasteiger partial charge in [0.25, 0.3) is 0 Å². The summed E-state index contributed by atoms with van der Waals surface area (Å²) in [5, 5.41) is 0. The van der Waals surface area contributed by atoms with E-state index in [0.717, 1.165) is 0 Å². The van der Waals surface area contributed by atoms with E-state index < -0.39 is 9.84 Å². The monoisotopic (exact) mass is 231 g/mol. The van der Waals surface area contributed by atoms with E-state index in [4.69, 9.17) is 5.73 Å². The van der Waals surface area contributed by atoms with Gasteiger partial charge in [-0.15, -0.1) is 0 Å². The van der Waals surface area contributed by atoms with Crippen LogP contribution >= 0.6 is 0 Å². The van der Waals surface area contributed by atoms with Crippen molar-refractivity contribution >= 4 is 9.84 Å². The summed E-state index contributed by atoms with van der Waals surface area (Å²) in [4.78, 5) is 0. The van der Waals surface area contributed by atoms with Crippen LogP contribution in [-0.2, 0) is 15.6 Å². The van der Waals surface area contributed by atoms with Gasteiger partial charge in [-0.05, 0) is 30.7 Å². The summed E-state index contributed by atoms with van der Waals surface area (Å²) in [5.74, 6) is -0.327. The summed E-state index contributed by atoms with van der Waals surface area (Å²) in [6, 6.07) is 5.48. The van der Waals surface area contributed by atoms with Crippen LogP contribution in [0, 0.1) is 5.82 Å². The molecule has 3 nitrogen and oxygen atoms in total. The van der Waals surface area contributed by atoms with Crippen molar-refractivity contribution in [2.45, 2.75) is 12.2 Å². The molecule has 0 aliphatic carbocycles. The molecule has 0 heterocycles. The molecular weight excluding hydrogens is 217 g/mol. The molecule has 0 atom stereocenters. The van der Waals surface area contributed by atoms with Gasteiger partial charge in [0.15, 0.2) is 9.84 Å². The van der Waals surface area contributed by atoms with E-state index in [9.17, 15) is 12.8 Å². The average Bonchev–Trinajstić information content (AvgIpc) is 2.18. The van der Waals surface area contributed by atoms with Gasteiger partial charge in [0, 0.05) is 0 Å². The zero-order valence-corrected chi connectivity index (χ0v) is 9.13. The number of sulfone groups is 1. The van der Waals surface area contributed by atoms with E-state index in [1.165, 1.54) is 24.3 Å². The Hall–Kier alpha value is -0.940. The first-order valence-electron chi connectivity index (χ1n) is 4.68. The van der Waals surface area contributed by atoms with Gasteiger partial charge in [-0.2, -0.15) is 0 Å². The van der Waals surface area contributed by atoms with Crippen LogP contribution in [-0.4, -0.2) is 20.7 Å². The molecule has 0 saturated carbocycles. The number of hydrogen-bond acceptors (Lipinski definition) is 3. The Balaban J connectivity index is 2.65. The highest BCUT2D eigenvalue weighted by Gasteiger charge is 2.10. The van der Waals surface area contributed by atoms with Crippen LogP contribution in [0.2, 0.25) is 0 Å². The maximum atomic E-state index is 12.6. The third-order valence-corrected chi connectivity index (χ3v) is 3.64. The minimum Gasteiger partial charge on any atom is -0.330 e. The molecule has 0 bridgehead atoms. The Labute approximate surface area is 89.0 Å². The second-order valence-electron chi connectivity index (χ2n) is 3.36. The molecule has 0 aromatic heterocycles. The van der Waals surface area contributed by atoms with Gasteiger partial charge in [0.2, 0.25) is 0 Å². The predicted molar refractivity (Wildman–Crippen MR) is 57.6 cm³/mol. The van der Waals surface area contributed by atoms with Crippen LogP contribution in [0.1, 0.15) is 12.0 Å². The fraction of sp³-hybridized carbons (Fsp3) is 0.400. The van der Waals surface area contributed by atoms with E-state index in [-0.39, 0.29) is 17.3 Å². The lowest BCUT2D eigenvalue weighted by atomic mass is 10.2. The third kappa shape index (κ3) is 4.40. The zero-order chi connectivity index (χ0) is 11.3. The van der Waals surface area contributed by atoms with Gasteiger partial charge >= 0.3 is 0 Å². The topological polar surface area (TPSA) is 60.2 Å². The van der Waals surface area contributed by atoms with E-state index >= 15 is 0 Å². The number of rotatable bonds is 5. The molecule has 1 aromatic carbocycles. The van der Waals surface area contributed by atoms with Crippen LogP contribution in [0.25, 0.3) is 0 Å². The van der Waals surface area contributed by atoms with Crippen molar-refractivity contribution in [3.8, 4) is 0 Å². The molecular formula is C10H14FNO2S. The number of hydrogen-bond donors (Lipinski definition) is 1. The molecule has 1 aromatic rings. The van der Waals surface area contributed by atoms with Crippen molar-refractivity contribution < 1.29 is 12.8 Å². The van der Waals surface area contributed by atoms with Crippen LogP contribution in [0.4, 0.5) is 4.39 Å². The van der Waals surface area contributed by atoms with Crippen molar-refractivity contribution in [3.05, 3.63) is 35.6 Å². The van der Waals surface area contributed by atoms with Crippen LogP contribution < -0.4 is 5.73 Å². The summed E-state index contributed by atoms with van der Waals surface area (Å²) in [5.41, 5.74) is 5.84. The molecule has 0 fully saturated rings. The normalized spacial score (nSPS) is 11.6. The largest absolute Gasteiger partial charge is 0.330 e. The highest BCUT2D eigenvalue weighted by atomic mass is 32.2. The lowest BCUT2D eigenvalue weighted by molar-refractivity contribution is 0.592. The first-order valence-corrected chi connectivity index (χ1v) is 6.50. The summed E-state index contributed by atoms with van der Waals surface area (Å²) >= 11 is 0. The fourth-order valence-corrected chi connectivity index (χ4v) is 2.66. The SMILES string of the molecule is NCCCS(=O)(=O)Cc1ccc(F)cc1. The maximum Gasteiger partial charge on any atom is 0.154 e. The molecule has 0 unspecified atom stereocenters. The molecule has 2 N–H and O–H groups in total. The van der Waals surface area contributed by atoms with Crippen molar-refractivity contribution in [2.75, 3.05) is 12.3 Å². The lowest BCUT2D eigenvalue weighted by Gasteiger charge is -2.03. The van der Waals surface area contributed by atoms with E-state index in [0.29, 0.717) is 18.5 Å². The quantitative estimate of drug-likeness (QED) is 0.825. The van der Waals surface area contributed by atoms with Crippen molar-refractivity contribution in [1.29, 1.82) is 0 Å². The van der Waals surface area contributed by atoms with Crippen molar-refractivity contribution in [1.82, 2.24) is 0 Å². The lowest BCUT2D eigenvalue weighted by Crippen LogP contribution is -2.13. The number of benzene rings is 1. The molecule has 0 amide bonds. The van der Waals surface area contributed by atoms with Gasteiger partial charge in [-0.25, -0.2) is 12.8 Å². The molecule has 0 spiro atoms. The Morgan fingerprint density at radius 1 is 1.20 bits per heavy atom. The highest BCUT2D eigenvalue weighted by molar-refractivity contribution is 7.90. The van der Waals surface area contributed by atoms with Crippen molar-refractivity contribution in [3.63, 3.8) is 0 Å². The molecule has 84 valence electrons. The zero-order valence-electron chi connectivity index (χ0n) is 8.32. The maximum absolute atomic E-state index is 12.6. The minimum absolute atomic E-state index is 0.0483. The van der Waals surface area contributed by atoms with Crippen molar-refractivity contribution in [2.24, 2.45) is 5.73 Å². The highest BCUT2D eigenvalue weighted by Crippen LogP contribution is 2.08. The number of halogens is 1. The van der Waals surface area contributed by atoms with Gasteiger partial charge < -0.3 is 5.73 Å². The molecule has 0 saturated heterocycles. The molecule has 15 heavy (non-hydrogen) atoms. The summed E-state index contributed by atoms with van der Waals surface area (Å²) in [7, 11) is -3.11. The molecule has 5 heteroatoms.